The number of alkyl halides is 1. The van der Waals surface area contributed by atoms with E-state index >= 15 is 0 Å². The molecule has 154 valence electrons. The van der Waals surface area contributed by atoms with E-state index in [1.165, 1.54) is 24.5 Å². The van der Waals surface area contributed by atoms with Crippen molar-refractivity contribution in [1.82, 2.24) is 0 Å². The maximum absolute atomic E-state index is 10.7. The van der Waals surface area contributed by atoms with Crippen molar-refractivity contribution in [1.29, 1.82) is 0 Å². The van der Waals surface area contributed by atoms with Crippen molar-refractivity contribution in [2.45, 2.75) is 37.5 Å². The first-order valence-corrected chi connectivity index (χ1v) is 9.82. The van der Waals surface area contributed by atoms with E-state index in [0.29, 0.717) is 23.0 Å². The first-order chi connectivity index (χ1) is 14.3. The molecule has 0 aliphatic heterocycles. The number of rotatable bonds is 5. The molecule has 2 aliphatic carbocycles. The Morgan fingerprint density at radius 1 is 1.00 bits per heavy atom. The van der Waals surface area contributed by atoms with Gasteiger partial charge in [0.05, 0.1) is 19.7 Å². The van der Waals surface area contributed by atoms with Gasteiger partial charge in [-0.2, -0.15) is 0 Å². The number of hydrogen-bond donors (Lipinski definition) is 2. The van der Waals surface area contributed by atoms with Gasteiger partial charge in [-0.15, -0.1) is 0 Å². The Morgan fingerprint density at radius 3 is 1.86 bits per heavy atom. The number of aldehydes is 1. The van der Waals surface area contributed by atoms with Gasteiger partial charge in [-0.05, 0) is 72.9 Å². The van der Waals surface area contributed by atoms with E-state index in [-0.39, 0.29) is 5.56 Å². The molecule has 2 saturated carbocycles. The van der Waals surface area contributed by atoms with Crippen LogP contribution in [0.2, 0.25) is 0 Å². The highest BCUT2D eigenvalue weighted by Gasteiger charge is 2.26. The number of carboxylic acid groups (broad SMARTS) is 2. The van der Waals surface area contributed by atoms with Crippen LogP contribution < -0.4 is 0 Å². The largest absolute Gasteiger partial charge is 0.478 e. The van der Waals surface area contributed by atoms with Crippen molar-refractivity contribution in [2.24, 2.45) is 0 Å². The van der Waals surface area contributed by atoms with E-state index in [2.05, 4.69) is 15.9 Å². The number of carbonyl (C=O) groups is 3. The fourth-order valence-electron chi connectivity index (χ4n) is 2.96. The van der Waals surface area contributed by atoms with Crippen LogP contribution in [0.5, 0.6) is 0 Å². The molecule has 5 nitrogen and oxygen atoms in total. The molecule has 0 unspecified atom stereocenters. The predicted molar refractivity (Wildman–Crippen MR) is 111 cm³/mol. The van der Waals surface area contributed by atoms with Crippen LogP contribution >= 0.6 is 15.9 Å². The van der Waals surface area contributed by atoms with Gasteiger partial charge in [0.2, 0.25) is 0 Å². The summed E-state index contributed by atoms with van der Waals surface area (Å²) in [5, 5.41) is 17.5. The molecule has 4 rings (SSSR count). The van der Waals surface area contributed by atoms with E-state index < -0.39 is 19.1 Å². The Labute approximate surface area is 178 Å². The highest BCUT2D eigenvalue weighted by atomic mass is 79.9. The lowest BCUT2D eigenvalue weighted by Gasteiger charge is -2.03. The predicted octanol–water partition coefficient (Wildman–Crippen LogP) is 5.69. The smallest absolute Gasteiger partial charge is 0.335 e. The zero-order chi connectivity index (χ0) is 22.3. The molecule has 2 aromatic rings. The first-order valence-electron chi connectivity index (χ1n) is 9.73. The van der Waals surface area contributed by atoms with E-state index in [0.717, 1.165) is 29.2 Å². The summed E-state index contributed by atoms with van der Waals surface area (Å²) in [6.45, 7) is 0. The molecule has 0 aromatic heterocycles. The van der Waals surface area contributed by atoms with Crippen LogP contribution in [0.1, 0.15) is 81.1 Å². The van der Waals surface area contributed by atoms with Crippen LogP contribution in [0.15, 0.2) is 40.9 Å². The standard InChI is InChI=1S/C11H10O3.C10H9BrO2.CH3F/c12-6-9-5-8(11(13)14)3-4-10(9)7-1-2-7;11-9-5-7(10(12)13)3-4-8(9)6-1-2-6;1-2/h3-7H,1-2H2,(H,13,14);3-6H,1-2H2,(H,12,13);1H3/i;;1D. The maximum Gasteiger partial charge on any atom is 0.335 e. The second kappa shape index (κ2) is 10.3. The summed E-state index contributed by atoms with van der Waals surface area (Å²) in [5.41, 5.74) is 3.27. The van der Waals surface area contributed by atoms with Gasteiger partial charge < -0.3 is 10.2 Å². The van der Waals surface area contributed by atoms with Crippen LogP contribution in [0.25, 0.3) is 0 Å². The van der Waals surface area contributed by atoms with Crippen LogP contribution in [0.4, 0.5) is 4.39 Å². The number of halogens is 2. The molecule has 2 aromatic carbocycles. The zero-order valence-electron chi connectivity index (χ0n) is 16.6. The van der Waals surface area contributed by atoms with Gasteiger partial charge in [-0.3, -0.25) is 9.18 Å². The molecular formula is C22H22BrFO5. The molecule has 0 bridgehead atoms. The summed E-state index contributed by atoms with van der Waals surface area (Å²) in [6, 6.07) is 10.0. The Hall–Kier alpha value is -2.54. The Kier molecular flexibility index (Phi) is 7.52. The molecule has 0 saturated heterocycles. The summed E-state index contributed by atoms with van der Waals surface area (Å²) in [6.07, 6.45) is 5.40. The zero-order valence-corrected chi connectivity index (χ0v) is 17.2. The number of aromatic carboxylic acids is 2. The van der Waals surface area contributed by atoms with Crippen LogP contribution in [-0.4, -0.2) is 35.6 Å². The second-order valence-corrected chi connectivity index (χ2v) is 7.71. The SMILES string of the molecule is O=C(O)c1ccc(C2CC2)c(Br)c1.O=Cc1cc(C(=O)O)ccc1C1CC1.[2H]CF. The molecule has 0 atom stereocenters. The fraction of sp³-hybridized carbons (Fsp3) is 0.318. The van der Waals surface area contributed by atoms with Gasteiger partial charge in [0, 0.05) is 10.0 Å². The monoisotopic (exact) mass is 465 g/mol. The average molecular weight is 466 g/mol. The number of carboxylic acids is 2. The molecule has 2 aliphatic rings. The average Bonchev–Trinajstić information content (AvgIpc) is 3.62. The van der Waals surface area contributed by atoms with Crippen molar-refractivity contribution >= 4 is 34.2 Å². The first kappa shape index (κ1) is 21.2. The van der Waals surface area contributed by atoms with Crippen LogP contribution in [-0.2, 0) is 0 Å². The molecule has 2 fully saturated rings. The van der Waals surface area contributed by atoms with Crippen LogP contribution in [0, 0.1) is 0 Å². The topological polar surface area (TPSA) is 91.7 Å². The molecular weight excluding hydrogens is 443 g/mol. The molecule has 0 amide bonds. The quantitative estimate of drug-likeness (QED) is 0.553. The van der Waals surface area contributed by atoms with Gasteiger partial charge in [-0.25, -0.2) is 9.59 Å². The number of hydrogen-bond acceptors (Lipinski definition) is 3. The molecule has 0 radical (unpaired) electrons. The minimum absolute atomic E-state index is 0.177. The van der Waals surface area contributed by atoms with Gasteiger partial charge in [-0.1, -0.05) is 28.1 Å². The summed E-state index contributed by atoms with van der Waals surface area (Å²) >= 11 is 3.39. The van der Waals surface area contributed by atoms with E-state index in [1.54, 1.807) is 24.3 Å². The van der Waals surface area contributed by atoms with Crippen molar-refractivity contribution in [3.63, 3.8) is 0 Å². The molecule has 29 heavy (non-hydrogen) atoms. The molecule has 7 heteroatoms. The summed E-state index contributed by atoms with van der Waals surface area (Å²) in [4.78, 5) is 32.0. The van der Waals surface area contributed by atoms with Crippen molar-refractivity contribution in [2.75, 3.05) is 7.15 Å². The van der Waals surface area contributed by atoms with Crippen molar-refractivity contribution < 1.29 is 30.4 Å². The number of carbonyl (C=O) groups excluding carboxylic acids is 1. The maximum atomic E-state index is 10.7. The lowest BCUT2D eigenvalue weighted by Crippen LogP contribution is -1.99. The Morgan fingerprint density at radius 2 is 1.45 bits per heavy atom. The van der Waals surface area contributed by atoms with E-state index in [4.69, 9.17) is 11.6 Å². The third-order valence-electron chi connectivity index (χ3n) is 4.74. The summed E-state index contributed by atoms with van der Waals surface area (Å²) in [5.74, 6) is -0.742. The summed E-state index contributed by atoms with van der Waals surface area (Å²) in [7, 11) is -1.00. The minimum Gasteiger partial charge on any atom is -0.478 e. The fourth-order valence-corrected chi connectivity index (χ4v) is 3.66. The van der Waals surface area contributed by atoms with Crippen molar-refractivity contribution in [3.8, 4) is 0 Å². The van der Waals surface area contributed by atoms with Gasteiger partial charge in [0.1, 0.15) is 6.29 Å². The van der Waals surface area contributed by atoms with Gasteiger partial charge in [0.15, 0.2) is 0 Å². The second-order valence-electron chi connectivity index (χ2n) is 6.86. The normalized spacial score (nSPS) is 15.0. The molecule has 0 spiro atoms. The number of benzene rings is 2. The highest BCUT2D eigenvalue weighted by molar-refractivity contribution is 9.10. The third-order valence-corrected chi connectivity index (χ3v) is 5.43. The lowest BCUT2D eigenvalue weighted by molar-refractivity contribution is 0.0686. The molecule has 0 heterocycles. The van der Waals surface area contributed by atoms with E-state index in [9.17, 15) is 18.8 Å². The summed E-state index contributed by atoms with van der Waals surface area (Å²) < 4.78 is 16.4. The Bertz CT molecular complexity index is 926. The van der Waals surface area contributed by atoms with Crippen molar-refractivity contribution in [3.05, 3.63) is 68.7 Å². The van der Waals surface area contributed by atoms with Gasteiger partial charge >= 0.3 is 11.9 Å². The minimum atomic E-state index is -1.00. The third kappa shape index (κ3) is 6.22. The lowest BCUT2D eigenvalue weighted by atomic mass is 10.0. The highest BCUT2D eigenvalue weighted by Crippen LogP contribution is 2.43. The van der Waals surface area contributed by atoms with E-state index in [1.807, 2.05) is 6.07 Å². The molecule has 2 N–H and O–H groups in total. The van der Waals surface area contributed by atoms with Crippen LogP contribution in [0.3, 0.4) is 0 Å². The Balaban J connectivity index is 0.000000190. The van der Waals surface area contributed by atoms with Gasteiger partial charge in [0.25, 0.3) is 0 Å².